The average Bonchev–Trinajstić information content (AvgIpc) is 3.21. The molecule has 0 spiro atoms. The van der Waals surface area contributed by atoms with Gasteiger partial charge in [-0.25, -0.2) is 13.2 Å². The molecule has 10 heteroatoms. The fourth-order valence-electron chi connectivity index (χ4n) is 4.15. The zero-order valence-electron chi connectivity index (χ0n) is 18.7. The minimum atomic E-state index is -3.16. The molecule has 0 aliphatic carbocycles. The maximum Gasteiger partial charge on any atom is 0.339 e. The van der Waals surface area contributed by atoms with Crippen molar-refractivity contribution in [2.75, 3.05) is 37.9 Å². The van der Waals surface area contributed by atoms with Gasteiger partial charge in [-0.15, -0.1) is 0 Å². The molecule has 34 heavy (non-hydrogen) atoms. The molecule has 0 saturated carbocycles. The predicted octanol–water partition coefficient (Wildman–Crippen LogP) is 1.88. The second-order valence-corrected chi connectivity index (χ2v) is 10.3. The molecule has 2 aliphatic heterocycles. The van der Waals surface area contributed by atoms with E-state index in [2.05, 4.69) is 0 Å². The Morgan fingerprint density at radius 1 is 1.03 bits per heavy atom. The van der Waals surface area contributed by atoms with Crippen LogP contribution in [0.1, 0.15) is 39.6 Å². The van der Waals surface area contributed by atoms with Gasteiger partial charge in [-0.05, 0) is 37.6 Å². The van der Waals surface area contributed by atoms with Crippen LogP contribution in [0.25, 0.3) is 0 Å². The average molecular weight is 488 g/mol. The van der Waals surface area contributed by atoms with Crippen LogP contribution < -0.4 is 9.47 Å². The highest BCUT2D eigenvalue weighted by Gasteiger charge is 2.34. The second kappa shape index (κ2) is 9.84. The van der Waals surface area contributed by atoms with Gasteiger partial charge in [0.25, 0.3) is 5.91 Å². The molecule has 2 aliphatic rings. The Hall–Kier alpha value is -3.40. The standard InChI is InChI=1S/C24H25NO8S/c1-2-25(17-9-12-34(29,30)15-17)22(26)14-33-24(28)19-6-4-3-5-18(19)23(27)16-7-8-20-21(13-16)32-11-10-31-20/h3-8,13,17H,2,9-12,14-15H2,1H3/t17-/m0/s1. The molecule has 2 aromatic carbocycles. The molecule has 1 fully saturated rings. The lowest BCUT2D eigenvalue weighted by Crippen LogP contribution is -2.43. The number of amides is 1. The number of fused-ring (bicyclic) bond motifs is 1. The van der Waals surface area contributed by atoms with E-state index in [0.717, 1.165) is 0 Å². The molecule has 0 bridgehead atoms. The van der Waals surface area contributed by atoms with Crippen molar-refractivity contribution in [2.24, 2.45) is 0 Å². The zero-order chi connectivity index (χ0) is 24.3. The van der Waals surface area contributed by atoms with Crippen molar-refractivity contribution in [3.8, 4) is 11.5 Å². The summed E-state index contributed by atoms with van der Waals surface area (Å²) in [5, 5.41) is 0. The number of hydrogen-bond acceptors (Lipinski definition) is 8. The fraction of sp³-hybridized carbons (Fsp3) is 0.375. The third-order valence-corrected chi connectivity index (χ3v) is 7.58. The van der Waals surface area contributed by atoms with Gasteiger partial charge in [0, 0.05) is 23.7 Å². The van der Waals surface area contributed by atoms with Crippen molar-refractivity contribution in [3.05, 3.63) is 59.2 Å². The van der Waals surface area contributed by atoms with E-state index in [9.17, 15) is 22.8 Å². The quantitative estimate of drug-likeness (QED) is 0.429. The minimum absolute atomic E-state index is 0.0293. The lowest BCUT2D eigenvalue weighted by Gasteiger charge is -2.26. The summed E-state index contributed by atoms with van der Waals surface area (Å²) < 4.78 is 39.8. The van der Waals surface area contributed by atoms with Gasteiger partial charge in [0.05, 0.1) is 17.1 Å². The number of ketones is 1. The van der Waals surface area contributed by atoms with Crippen molar-refractivity contribution in [1.29, 1.82) is 0 Å². The topological polar surface area (TPSA) is 116 Å². The molecule has 1 atom stereocenters. The van der Waals surface area contributed by atoms with E-state index in [4.69, 9.17) is 14.2 Å². The maximum atomic E-state index is 13.1. The van der Waals surface area contributed by atoms with Crippen molar-refractivity contribution in [2.45, 2.75) is 19.4 Å². The molecule has 0 N–H and O–H groups in total. The van der Waals surface area contributed by atoms with E-state index in [1.807, 2.05) is 0 Å². The Bertz CT molecular complexity index is 1220. The van der Waals surface area contributed by atoms with Crippen LogP contribution in [0.2, 0.25) is 0 Å². The number of likely N-dealkylation sites (N-methyl/N-ethyl adjacent to an activating group) is 1. The fourth-order valence-corrected chi connectivity index (χ4v) is 5.88. The third-order valence-electron chi connectivity index (χ3n) is 5.83. The van der Waals surface area contributed by atoms with Gasteiger partial charge < -0.3 is 19.1 Å². The summed E-state index contributed by atoms with van der Waals surface area (Å²) in [6, 6.07) is 10.6. The van der Waals surface area contributed by atoms with Crippen LogP contribution in [0.15, 0.2) is 42.5 Å². The van der Waals surface area contributed by atoms with E-state index < -0.39 is 40.1 Å². The minimum Gasteiger partial charge on any atom is -0.486 e. The van der Waals surface area contributed by atoms with Crippen molar-refractivity contribution in [3.63, 3.8) is 0 Å². The summed E-state index contributed by atoms with van der Waals surface area (Å²) in [6.07, 6.45) is 0.364. The van der Waals surface area contributed by atoms with Gasteiger partial charge in [0.1, 0.15) is 13.2 Å². The number of sulfone groups is 1. The molecule has 0 radical (unpaired) electrons. The number of nitrogens with zero attached hydrogens (tertiary/aromatic N) is 1. The molecular weight excluding hydrogens is 462 g/mol. The van der Waals surface area contributed by atoms with Crippen molar-refractivity contribution >= 4 is 27.5 Å². The number of rotatable bonds is 7. The third kappa shape index (κ3) is 5.06. The van der Waals surface area contributed by atoms with Gasteiger partial charge >= 0.3 is 5.97 Å². The number of ether oxygens (including phenoxy) is 3. The van der Waals surface area contributed by atoms with E-state index in [-0.39, 0.29) is 22.6 Å². The lowest BCUT2D eigenvalue weighted by atomic mass is 9.98. The largest absolute Gasteiger partial charge is 0.486 e. The number of hydrogen-bond donors (Lipinski definition) is 0. The number of carbonyl (C=O) groups is 3. The normalized spacial score (nSPS) is 18.2. The van der Waals surface area contributed by atoms with Gasteiger partial charge in [-0.2, -0.15) is 0 Å². The first kappa shape index (κ1) is 23.7. The zero-order valence-corrected chi connectivity index (χ0v) is 19.5. The summed E-state index contributed by atoms with van der Waals surface area (Å²) in [5.41, 5.74) is 0.479. The van der Waals surface area contributed by atoms with E-state index in [1.54, 1.807) is 37.3 Å². The number of benzene rings is 2. The molecule has 2 heterocycles. The van der Waals surface area contributed by atoms with Crippen LogP contribution in [0, 0.1) is 0 Å². The molecule has 4 rings (SSSR count). The number of carbonyl (C=O) groups excluding carboxylic acids is 3. The Kier molecular flexibility index (Phi) is 6.87. The summed E-state index contributed by atoms with van der Waals surface area (Å²) in [4.78, 5) is 40.0. The first-order valence-electron chi connectivity index (χ1n) is 11.0. The lowest BCUT2D eigenvalue weighted by molar-refractivity contribution is -0.136. The van der Waals surface area contributed by atoms with Gasteiger partial charge in [0.2, 0.25) is 0 Å². The molecular formula is C24H25NO8S. The first-order chi connectivity index (χ1) is 16.3. The molecule has 1 amide bonds. The maximum absolute atomic E-state index is 13.1. The molecule has 0 aromatic heterocycles. The van der Waals surface area contributed by atoms with E-state index in [1.165, 1.54) is 17.0 Å². The highest BCUT2D eigenvalue weighted by atomic mass is 32.2. The van der Waals surface area contributed by atoms with E-state index in [0.29, 0.717) is 43.2 Å². The summed E-state index contributed by atoms with van der Waals surface area (Å²) in [7, 11) is -3.16. The summed E-state index contributed by atoms with van der Waals surface area (Å²) >= 11 is 0. The van der Waals surface area contributed by atoms with Gasteiger partial charge in [0.15, 0.2) is 33.7 Å². The van der Waals surface area contributed by atoms with E-state index >= 15 is 0 Å². The van der Waals surface area contributed by atoms with Crippen molar-refractivity contribution < 1.29 is 37.0 Å². The molecule has 1 saturated heterocycles. The Labute approximate surface area is 197 Å². The van der Waals surface area contributed by atoms with Gasteiger partial charge in [-0.3, -0.25) is 9.59 Å². The molecule has 9 nitrogen and oxygen atoms in total. The monoisotopic (exact) mass is 487 g/mol. The van der Waals surface area contributed by atoms with Crippen LogP contribution in [0.4, 0.5) is 0 Å². The Morgan fingerprint density at radius 2 is 1.74 bits per heavy atom. The predicted molar refractivity (Wildman–Crippen MR) is 122 cm³/mol. The second-order valence-electron chi connectivity index (χ2n) is 8.05. The smallest absolute Gasteiger partial charge is 0.339 e. The van der Waals surface area contributed by atoms with Gasteiger partial charge in [-0.1, -0.05) is 18.2 Å². The summed E-state index contributed by atoms with van der Waals surface area (Å²) in [6.45, 7) is 2.31. The van der Waals surface area contributed by atoms with Crippen molar-refractivity contribution in [1.82, 2.24) is 4.90 Å². The summed E-state index contributed by atoms with van der Waals surface area (Å²) in [5.74, 6) is -0.745. The van der Waals surface area contributed by atoms with Crippen LogP contribution in [0.5, 0.6) is 11.5 Å². The molecule has 2 aromatic rings. The number of esters is 1. The van der Waals surface area contributed by atoms with Crippen LogP contribution in [0.3, 0.4) is 0 Å². The van der Waals surface area contributed by atoms with Crippen LogP contribution >= 0.6 is 0 Å². The SMILES string of the molecule is CCN(C(=O)COC(=O)c1ccccc1C(=O)c1ccc2c(c1)OCCO2)[C@H]1CCS(=O)(=O)C1. The highest BCUT2D eigenvalue weighted by Crippen LogP contribution is 2.31. The molecule has 0 unspecified atom stereocenters. The molecule has 180 valence electrons. The Morgan fingerprint density at radius 3 is 2.41 bits per heavy atom. The Balaban J connectivity index is 1.46. The van der Waals surface area contributed by atoms with Crippen LogP contribution in [-0.2, 0) is 19.4 Å². The van der Waals surface area contributed by atoms with Crippen LogP contribution in [-0.4, -0.2) is 74.9 Å². The first-order valence-corrected chi connectivity index (χ1v) is 12.8. The highest BCUT2D eigenvalue weighted by molar-refractivity contribution is 7.91.